The summed E-state index contributed by atoms with van der Waals surface area (Å²) in [7, 11) is 0. The smallest absolute Gasteiger partial charge is 0.302 e. The fourth-order valence-electron chi connectivity index (χ4n) is 4.97. The normalized spacial score (nSPS) is 34.1. The van der Waals surface area contributed by atoms with E-state index in [1.54, 1.807) is 6.07 Å². The molecule has 1 N–H and O–H groups in total. The van der Waals surface area contributed by atoms with Crippen LogP contribution in [0.2, 0.25) is 0 Å². The molecule has 1 saturated carbocycles. The SMILES string of the molecule is CC(=O)OC[C@H]1C[C@H]2OC(C)(C)O[C@H]2[C@@H]2NC(=O)c3cc4c(cc3[C@@H]12)OCO4. The maximum Gasteiger partial charge on any atom is 0.302 e. The molecule has 3 heterocycles. The van der Waals surface area contributed by atoms with Crippen LogP contribution in [0.15, 0.2) is 12.1 Å². The molecule has 0 spiro atoms. The van der Waals surface area contributed by atoms with Gasteiger partial charge in [-0.15, -0.1) is 0 Å². The van der Waals surface area contributed by atoms with Gasteiger partial charge in [-0.2, -0.15) is 0 Å². The predicted octanol–water partition coefficient (Wildman–Crippen LogP) is 1.71. The van der Waals surface area contributed by atoms with Crippen molar-refractivity contribution in [1.82, 2.24) is 5.32 Å². The summed E-state index contributed by atoms with van der Waals surface area (Å²) in [4.78, 5) is 24.3. The molecule has 3 aliphatic heterocycles. The molecule has 0 bridgehead atoms. The van der Waals surface area contributed by atoms with Crippen LogP contribution in [0.1, 0.15) is 49.0 Å². The van der Waals surface area contributed by atoms with E-state index in [9.17, 15) is 9.59 Å². The number of carbonyl (C=O) groups excluding carboxylic acids is 2. The van der Waals surface area contributed by atoms with Crippen molar-refractivity contribution in [2.45, 2.75) is 57.1 Å². The number of hydrogen-bond donors (Lipinski definition) is 1. The number of nitrogens with one attached hydrogen (secondary N) is 1. The summed E-state index contributed by atoms with van der Waals surface area (Å²) in [6.07, 6.45) is 0.232. The van der Waals surface area contributed by atoms with E-state index in [1.807, 2.05) is 19.9 Å². The van der Waals surface area contributed by atoms with Gasteiger partial charge in [0.1, 0.15) is 6.10 Å². The van der Waals surface area contributed by atoms with Gasteiger partial charge in [-0.05, 0) is 38.0 Å². The number of hydrogen-bond acceptors (Lipinski definition) is 7. The van der Waals surface area contributed by atoms with E-state index in [1.165, 1.54) is 6.92 Å². The van der Waals surface area contributed by atoms with E-state index in [2.05, 4.69) is 5.32 Å². The first-order valence-corrected chi connectivity index (χ1v) is 9.56. The maximum atomic E-state index is 12.9. The molecule has 1 aromatic carbocycles. The lowest BCUT2D eigenvalue weighted by molar-refractivity contribution is -0.148. The van der Waals surface area contributed by atoms with Crippen LogP contribution in [-0.2, 0) is 19.0 Å². The molecule has 5 atom stereocenters. The Bertz CT molecular complexity index is 851. The minimum Gasteiger partial charge on any atom is -0.466 e. The number of rotatable bonds is 2. The highest BCUT2D eigenvalue weighted by Gasteiger charge is 2.56. The minimum absolute atomic E-state index is 0.0210. The predicted molar refractivity (Wildman–Crippen MR) is 95.1 cm³/mol. The van der Waals surface area contributed by atoms with Gasteiger partial charge in [-0.1, -0.05) is 0 Å². The molecule has 8 heteroatoms. The van der Waals surface area contributed by atoms with Crippen molar-refractivity contribution < 1.29 is 33.3 Å². The lowest BCUT2D eigenvalue weighted by Gasteiger charge is -2.46. The van der Waals surface area contributed by atoms with Gasteiger partial charge in [0.05, 0.1) is 18.8 Å². The highest BCUT2D eigenvalue weighted by atomic mass is 16.8. The summed E-state index contributed by atoms with van der Waals surface area (Å²) in [6, 6.07) is 3.34. The summed E-state index contributed by atoms with van der Waals surface area (Å²) in [5, 5.41) is 3.11. The fraction of sp³-hybridized carbons (Fsp3) is 0.600. The molecule has 1 amide bonds. The van der Waals surface area contributed by atoms with Crippen LogP contribution in [0.25, 0.3) is 0 Å². The van der Waals surface area contributed by atoms with Gasteiger partial charge in [0, 0.05) is 24.3 Å². The highest BCUT2D eigenvalue weighted by molar-refractivity contribution is 5.98. The Balaban J connectivity index is 1.57. The van der Waals surface area contributed by atoms with Crippen LogP contribution in [0.3, 0.4) is 0 Å². The zero-order chi connectivity index (χ0) is 19.6. The number of benzene rings is 1. The third-order valence-electron chi connectivity index (χ3n) is 5.95. The molecule has 4 aliphatic rings. The van der Waals surface area contributed by atoms with Crippen molar-refractivity contribution in [3.05, 3.63) is 23.3 Å². The summed E-state index contributed by atoms with van der Waals surface area (Å²) >= 11 is 0. The summed E-state index contributed by atoms with van der Waals surface area (Å²) in [6.45, 7) is 5.54. The van der Waals surface area contributed by atoms with Crippen molar-refractivity contribution in [3.63, 3.8) is 0 Å². The van der Waals surface area contributed by atoms with Crippen LogP contribution in [0.4, 0.5) is 0 Å². The third kappa shape index (κ3) is 2.74. The summed E-state index contributed by atoms with van der Waals surface area (Å²) in [5.41, 5.74) is 1.44. The fourth-order valence-corrected chi connectivity index (χ4v) is 4.97. The van der Waals surface area contributed by atoms with Crippen LogP contribution in [0.5, 0.6) is 11.5 Å². The summed E-state index contributed by atoms with van der Waals surface area (Å²) in [5.74, 6) is -0.129. The lowest BCUT2D eigenvalue weighted by atomic mass is 9.67. The van der Waals surface area contributed by atoms with E-state index in [-0.39, 0.29) is 55.4 Å². The second-order valence-corrected chi connectivity index (χ2v) is 8.25. The minimum atomic E-state index is -0.726. The Morgan fingerprint density at radius 1 is 1.25 bits per heavy atom. The van der Waals surface area contributed by atoms with Crippen LogP contribution < -0.4 is 14.8 Å². The van der Waals surface area contributed by atoms with Crippen molar-refractivity contribution >= 4 is 11.9 Å². The van der Waals surface area contributed by atoms with Crippen molar-refractivity contribution in [1.29, 1.82) is 0 Å². The zero-order valence-electron chi connectivity index (χ0n) is 16.0. The highest BCUT2D eigenvalue weighted by Crippen LogP contribution is 2.50. The van der Waals surface area contributed by atoms with Crippen LogP contribution in [0, 0.1) is 5.92 Å². The second-order valence-electron chi connectivity index (χ2n) is 8.25. The molecule has 1 aromatic rings. The third-order valence-corrected chi connectivity index (χ3v) is 5.95. The van der Waals surface area contributed by atoms with Gasteiger partial charge in [0.2, 0.25) is 6.79 Å². The zero-order valence-corrected chi connectivity index (χ0v) is 16.0. The first kappa shape index (κ1) is 17.8. The Morgan fingerprint density at radius 2 is 2.00 bits per heavy atom. The molecular weight excluding hydrogens is 366 g/mol. The van der Waals surface area contributed by atoms with Gasteiger partial charge >= 0.3 is 5.97 Å². The Morgan fingerprint density at radius 3 is 2.75 bits per heavy atom. The van der Waals surface area contributed by atoms with E-state index >= 15 is 0 Å². The molecule has 150 valence electrons. The van der Waals surface area contributed by atoms with Crippen molar-refractivity contribution in [2.75, 3.05) is 13.4 Å². The van der Waals surface area contributed by atoms with E-state index in [4.69, 9.17) is 23.7 Å². The molecule has 1 saturated heterocycles. The molecule has 0 radical (unpaired) electrons. The Labute approximate surface area is 162 Å². The van der Waals surface area contributed by atoms with Gasteiger partial charge in [0.15, 0.2) is 17.3 Å². The number of carbonyl (C=O) groups is 2. The molecule has 2 fully saturated rings. The van der Waals surface area contributed by atoms with E-state index in [0.717, 1.165) is 5.56 Å². The number of fused-ring (bicyclic) bond motifs is 6. The number of amides is 1. The maximum absolute atomic E-state index is 12.9. The number of ether oxygens (including phenoxy) is 5. The molecule has 0 aromatic heterocycles. The van der Waals surface area contributed by atoms with Gasteiger partial charge < -0.3 is 29.0 Å². The van der Waals surface area contributed by atoms with Crippen molar-refractivity contribution in [3.8, 4) is 11.5 Å². The topological polar surface area (TPSA) is 92.3 Å². The van der Waals surface area contributed by atoms with Crippen LogP contribution >= 0.6 is 0 Å². The molecule has 28 heavy (non-hydrogen) atoms. The largest absolute Gasteiger partial charge is 0.466 e. The van der Waals surface area contributed by atoms with Gasteiger partial charge in [-0.25, -0.2) is 0 Å². The molecular formula is C20H23NO7. The average Bonchev–Trinajstić information content (AvgIpc) is 3.20. The molecule has 1 aliphatic carbocycles. The first-order chi connectivity index (χ1) is 13.3. The Hall–Kier alpha value is -2.32. The first-order valence-electron chi connectivity index (χ1n) is 9.56. The second kappa shape index (κ2) is 6.09. The van der Waals surface area contributed by atoms with Gasteiger partial charge in [-0.3, -0.25) is 9.59 Å². The van der Waals surface area contributed by atoms with Crippen LogP contribution in [-0.4, -0.2) is 49.3 Å². The number of esters is 1. The lowest BCUT2D eigenvalue weighted by Crippen LogP contribution is -2.59. The quantitative estimate of drug-likeness (QED) is 0.770. The molecule has 5 rings (SSSR count). The molecule has 0 unspecified atom stereocenters. The van der Waals surface area contributed by atoms with Gasteiger partial charge in [0.25, 0.3) is 5.91 Å². The monoisotopic (exact) mass is 389 g/mol. The standard InChI is InChI=1S/C20H23NO7/c1-9(22)24-7-10-4-15-18(28-20(2,3)27-15)17-16(10)11-5-13-14(26-8-25-13)6-12(11)19(23)21-17/h5-6,10,15-18H,4,7-8H2,1-3H3,(H,21,23)/t10-,15-,16-,17-,18-/m1/s1. The Kier molecular flexibility index (Phi) is 3.86. The van der Waals surface area contributed by atoms with E-state index < -0.39 is 5.79 Å². The average molecular weight is 389 g/mol. The van der Waals surface area contributed by atoms with Crippen molar-refractivity contribution in [2.24, 2.45) is 5.92 Å². The van der Waals surface area contributed by atoms with E-state index in [0.29, 0.717) is 23.5 Å². The summed E-state index contributed by atoms with van der Waals surface area (Å²) < 4.78 is 28.6. The molecule has 8 nitrogen and oxygen atoms in total.